The summed E-state index contributed by atoms with van der Waals surface area (Å²) in [5.74, 6) is -0.0618. The highest BCUT2D eigenvalue weighted by Gasteiger charge is 2.13. The Labute approximate surface area is 125 Å². The van der Waals surface area contributed by atoms with Gasteiger partial charge in [0.1, 0.15) is 0 Å². The molecule has 0 aliphatic carbocycles. The van der Waals surface area contributed by atoms with Gasteiger partial charge in [-0.1, -0.05) is 47.7 Å². The van der Waals surface area contributed by atoms with Crippen LogP contribution in [0, 0.1) is 0 Å². The summed E-state index contributed by atoms with van der Waals surface area (Å²) in [5.41, 5.74) is 1.25. The minimum Gasteiger partial charge on any atom is -0.466 e. The molecule has 0 radical (unpaired) electrons. The van der Waals surface area contributed by atoms with Gasteiger partial charge >= 0.3 is 5.97 Å². The zero-order chi connectivity index (χ0) is 14.3. The minimum atomic E-state index is -1.10. The summed E-state index contributed by atoms with van der Waals surface area (Å²) in [5, 5.41) is 0. The number of carbonyl (C=O) groups excluding carboxylic acids is 1. The fraction of sp³-hybridized carbons (Fsp3) is 0.533. The van der Waals surface area contributed by atoms with Crippen LogP contribution in [0.25, 0.3) is 0 Å². The fourth-order valence-electron chi connectivity index (χ4n) is 1.67. The highest BCUT2D eigenvalue weighted by atomic mass is 79.9. The number of halogens is 1. The largest absolute Gasteiger partial charge is 0.466 e. The van der Waals surface area contributed by atoms with Gasteiger partial charge in [-0.15, -0.1) is 0 Å². The van der Waals surface area contributed by atoms with Gasteiger partial charge in [-0.3, -0.25) is 4.79 Å². The van der Waals surface area contributed by atoms with Crippen LogP contribution >= 0.6 is 15.9 Å². The molecule has 1 rings (SSSR count). The second-order valence-electron chi connectivity index (χ2n) is 6.01. The molecular weight excluding hydrogens is 320 g/mol. The first-order valence-electron chi connectivity index (χ1n) is 6.77. The first kappa shape index (κ1) is 16.4. The lowest BCUT2D eigenvalue weighted by molar-refractivity contribution is -0.143. The zero-order valence-electron chi connectivity index (χ0n) is 12.0. The first-order chi connectivity index (χ1) is 8.87. The average molecular weight is 343 g/mol. The SMILES string of the molecule is C[Si](C)(C)CCOC(=O)CCCc1cccc(Br)c1. The van der Waals surface area contributed by atoms with E-state index in [0.29, 0.717) is 13.0 Å². The van der Waals surface area contributed by atoms with Crippen LogP contribution in [0.2, 0.25) is 25.7 Å². The van der Waals surface area contributed by atoms with Gasteiger partial charge in [-0.2, -0.15) is 0 Å². The van der Waals surface area contributed by atoms with Gasteiger partial charge in [0.2, 0.25) is 0 Å². The second-order valence-corrected chi connectivity index (χ2v) is 12.6. The molecule has 0 unspecified atom stereocenters. The van der Waals surface area contributed by atoms with Gasteiger partial charge in [0.15, 0.2) is 0 Å². The predicted octanol–water partition coefficient (Wildman–Crippen LogP) is 4.65. The third-order valence-corrected chi connectivity index (χ3v) is 5.05. The Morgan fingerprint density at radius 3 is 2.68 bits per heavy atom. The Kier molecular flexibility index (Phi) is 6.79. The number of carbonyl (C=O) groups is 1. The molecule has 0 atom stereocenters. The van der Waals surface area contributed by atoms with E-state index >= 15 is 0 Å². The first-order valence-corrected chi connectivity index (χ1v) is 11.3. The van der Waals surface area contributed by atoms with Crippen LogP contribution in [0.3, 0.4) is 0 Å². The van der Waals surface area contributed by atoms with Crippen molar-refractivity contribution in [2.24, 2.45) is 0 Å². The van der Waals surface area contributed by atoms with Crippen molar-refractivity contribution in [1.29, 1.82) is 0 Å². The predicted molar refractivity (Wildman–Crippen MR) is 86.2 cm³/mol. The standard InChI is InChI=1S/C15H23BrO2Si/c1-19(2,3)11-10-18-15(17)9-5-7-13-6-4-8-14(16)12-13/h4,6,8,12H,5,7,9-11H2,1-3H3. The molecule has 0 bridgehead atoms. The molecule has 0 aliphatic heterocycles. The van der Waals surface area contributed by atoms with Gasteiger partial charge in [0.25, 0.3) is 0 Å². The molecule has 0 fully saturated rings. The molecule has 4 heteroatoms. The highest BCUT2D eigenvalue weighted by Crippen LogP contribution is 2.14. The monoisotopic (exact) mass is 342 g/mol. The van der Waals surface area contributed by atoms with Gasteiger partial charge < -0.3 is 4.74 Å². The molecular formula is C15H23BrO2Si. The van der Waals surface area contributed by atoms with Crippen molar-refractivity contribution in [2.45, 2.75) is 44.9 Å². The van der Waals surface area contributed by atoms with Crippen LogP contribution in [0.15, 0.2) is 28.7 Å². The van der Waals surface area contributed by atoms with Gasteiger partial charge in [-0.05, 0) is 36.6 Å². The lowest BCUT2D eigenvalue weighted by atomic mass is 10.1. The molecule has 2 nitrogen and oxygen atoms in total. The topological polar surface area (TPSA) is 26.3 Å². The average Bonchev–Trinajstić information content (AvgIpc) is 2.27. The van der Waals surface area contributed by atoms with E-state index in [9.17, 15) is 4.79 Å². The van der Waals surface area contributed by atoms with Crippen LogP contribution in [0.5, 0.6) is 0 Å². The van der Waals surface area contributed by atoms with E-state index in [4.69, 9.17) is 4.74 Å². The van der Waals surface area contributed by atoms with Crippen molar-refractivity contribution in [3.05, 3.63) is 34.3 Å². The second kappa shape index (κ2) is 7.85. The Morgan fingerprint density at radius 2 is 2.05 bits per heavy atom. The van der Waals surface area contributed by atoms with Crippen LogP contribution < -0.4 is 0 Å². The third-order valence-electron chi connectivity index (χ3n) is 2.85. The van der Waals surface area contributed by atoms with E-state index in [1.54, 1.807) is 0 Å². The van der Waals surface area contributed by atoms with Crippen molar-refractivity contribution >= 4 is 30.0 Å². The van der Waals surface area contributed by atoms with Crippen molar-refractivity contribution < 1.29 is 9.53 Å². The Bertz CT molecular complexity index is 413. The van der Waals surface area contributed by atoms with E-state index in [2.05, 4.69) is 47.7 Å². The molecule has 19 heavy (non-hydrogen) atoms. The lowest BCUT2D eigenvalue weighted by Crippen LogP contribution is -2.22. The number of esters is 1. The Hall–Kier alpha value is -0.613. The number of hydrogen-bond acceptors (Lipinski definition) is 2. The van der Waals surface area contributed by atoms with Crippen molar-refractivity contribution in [2.75, 3.05) is 6.61 Å². The molecule has 0 heterocycles. The van der Waals surface area contributed by atoms with Crippen LogP contribution in [-0.4, -0.2) is 20.7 Å². The number of rotatable bonds is 7. The number of benzene rings is 1. The summed E-state index contributed by atoms with van der Waals surface area (Å²) in [6.45, 7) is 7.45. The third kappa shape index (κ3) is 8.21. The fourth-order valence-corrected chi connectivity index (χ4v) is 2.83. The maximum atomic E-state index is 11.6. The number of hydrogen-bond donors (Lipinski definition) is 0. The smallest absolute Gasteiger partial charge is 0.305 e. The number of aryl methyl sites for hydroxylation is 1. The van der Waals surface area contributed by atoms with E-state index in [0.717, 1.165) is 23.4 Å². The zero-order valence-corrected chi connectivity index (χ0v) is 14.6. The van der Waals surface area contributed by atoms with Crippen LogP contribution in [0.1, 0.15) is 18.4 Å². The van der Waals surface area contributed by atoms with E-state index in [-0.39, 0.29) is 5.97 Å². The number of ether oxygens (including phenoxy) is 1. The Morgan fingerprint density at radius 1 is 1.32 bits per heavy atom. The summed E-state index contributed by atoms with van der Waals surface area (Å²) in [6.07, 6.45) is 2.28. The maximum absolute atomic E-state index is 11.6. The van der Waals surface area contributed by atoms with Crippen LogP contribution in [0.4, 0.5) is 0 Å². The van der Waals surface area contributed by atoms with E-state index in [1.807, 2.05) is 12.1 Å². The molecule has 1 aromatic rings. The summed E-state index contributed by atoms with van der Waals surface area (Å²) in [6, 6.07) is 9.25. The highest BCUT2D eigenvalue weighted by molar-refractivity contribution is 9.10. The molecule has 0 saturated carbocycles. The van der Waals surface area contributed by atoms with Crippen molar-refractivity contribution in [1.82, 2.24) is 0 Å². The van der Waals surface area contributed by atoms with Crippen molar-refractivity contribution in [3.63, 3.8) is 0 Å². The van der Waals surface area contributed by atoms with E-state index < -0.39 is 8.07 Å². The molecule has 0 N–H and O–H groups in total. The Balaban J connectivity index is 2.17. The molecule has 0 aliphatic rings. The lowest BCUT2D eigenvalue weighted by Gasteiger charge is -2.15. The molecule has 106 valence electrons. The van der Waals surface area contributed by atoms with Crippen LogP contribution in [-0.2, 0) is 16.0 Å². The van der Waals surface area contributed by atoms with Gasteiger partial charge in [0, 0.05) is 19.0 Å². The quantitative estimate of drug-likeness (QED) is 0.532. The summed E-state index contributed by atoms with van der Waals surface area (Å²) in [7, 11) is -1.10. The molecule has 1 aromatic carbocycles. The summed E-state index contributed by atoms with van der Waals surface area (Å²) in [4.78, 5) is 11.6. The van der Waals surface area contributed by atoms with Gasteiger partial charge in [-0.25, -0.2) is 0 Å². The van der Waals surface area contributed by atoms with Crippen molar-refractivity contribution in [3.8, 4) is 0 Å². The minimum absolute atomic E-state index is 0.0618. The molecule has 0 spiro atoms. The summed E-state index contributed by atoms with van der Waals surface area (Å²) >= 11 is 3.45. The maximum Gasteiger partial charge on any atom is 0.305 e. The molecule has 0 aromatic heterocycles. The van der Waals surface area contributed by atoms with E-state index in [1.165, 1.54) is 5.56 Å². The molecule has 0 amide bonds. The summed E-state index contributed by atoms with van der Waals surface area (Å²) < 4.78 is 6.35. The molecule has 0 saturated heterocycles. The normalized spacial score (nSPS) is 11.4. The van der Waals surface area contributed by atoms with Gasteiger partial charge in [0.05, 0.1) is 6.61 Å².